The number of aryl methyl sites for hydroxylation is 1. The van der Waals surface area contributed by atoms with Gasteiger partial charge in [-0.3, -0.25) is 4.79 Å². The highest BCUT2D eigenvalue weighted by Gasteiger charge is 2.32. The summed E-state index contributed by atoms with van der Waals surface area (Å²) in [6, 6.07) is 5.73. The fraction of sp³-hybridized carbons (Fsp3) is 0.632. The highest BCUT2D eigenvalue weighted by Crippen LogP contribution is 2.25. The largest absolute Gasteiger partial charge is 0.490 e. The van der Waals surface area contributed by atoms with Crippen LogP contribution in [0, 0.1) is 6.92 Å². The van der Waals surface area contributed by atoms with Gasteiger partial charge in [-0.2, -0.15) is 0 Å². The van der Waals surface area contributed by atoms with Crippen molar-refractivity contribution in [3.63, 3.8) is 0 Å². The summed E-state index contributed by atoms with van der Waals surface area (Å²) in [5.74, 6) is 0.759. The number of ether oxygens (including phenoxy) is 2. The Kier molecular flexibility index (Phi) is 7.56. The van der Waals surface area contributed by atoms with E-state index >= 15 is 0 Å². The van der Waals surface area contributed by atoms with Gasteiger partial charge in [0.05, 0.1) is 6.10 Å². The van der Waals surface area contributed by atoms with Gasteiger partial charge in [0.25, 0.3) is 5.91 Å². The maximum atomic E-state index is 12.6. The number of carbonyl (C=O) groups excluding carboxylic acids is 1. The fourth-order valence-electron chi connectivity index (χ4n) is 2.47. The summed E-state index contributed by atoms with van der Waals surface area (Å²) >= 11 is 0. The minimum absolute atomic E-state index is 0.101. The van der Waals surface area contributed by atoms with E-state index in [1.54, 1.807) is 0 Å². The van der Waals surface area contributed by atoms with Crippen molar-refractivity contribution < 1.29 is 14.3 Å². The van der Waals surface area contributed by atoms with Crippen LogP contribution in [0.15, 0.2) is 18.2 Å². The summed E-state index contributed by atoms with van der Waals surface area (Å²) in [4.78, 5) is 12.6. The molecule has 0 aliphatic heterocycles. The molecule has 0 aliphatic carbocycles. The number of hydrogen-bond donors (Lipinski definition) is 1. The molecule has 0 heterocycles. The molecule has 23 heavy (non-hydrogen) atoms. The van der Waals surface area contributed by atoms with Gasteiger partial charge in [-0.1, -0.05) is 20.3 Å². The molecule has 1 aromatic rings. The molecule has 0 aliphatic rings. The highest BCUT2D eigenvalue weighted by atomic mass is 16.5. The van der Waals surface area contributed by atoms with Crippen molar-refractivity contribution in [3.8, 4) is 5.75 Å². The van der Waals surface area contributed by atoms with Gasteiger partial charge in [0.2, 0.25) is 0 Å². The lowest BCUT2D eigenvalue weighted by atomic mass is 9.99. The lowest BCUT2D eigenvalue weighted by Gasteiger charge is -2.28. The SMILES string of the molecule is CCC[C@@](C)(OCC)C(=O)Nc1ccc(O[C@@H](C)CC)c(C)c1. The Morgan fingerprint density at radius 2 is 2.00 bits per heavy atom. The highest BCUT2D eigenvalue weighted by molar-refractivity contribution is 5.97. The predicted octanol–water partition coefficient (Wildman–Crippen LogP) is 4.71. The van der Waals surface area contributed by atoms with Crippen LogP contribution < -0.4 is 10.1 Å². The van der Waals surface area contributed by atoms with E-state index < -0.39 is 5.60 Å². The summed E-state index contributed by atoms with van der Waals surface area (Å²) in [6.45, 7) is 12.5. The lowest BCUT2D eigenvalue weighted by molar-refractivity contribution is -0.139. The molecule has 0 spiro atoms. The van der Waals surface area contributed by atoms with Crippen molar-refractivity contribution >= 4 is 11.6 Å². The fourth-order valence-corrected chi connectivity index (χ4v) is 2.47. The van der Waals surface area contributed by atoms with Gasteiger partial charge >= 0.3 is 0 Å². The second-order valence-electron chi connectivity index (χ2n) is 6.18. The van der Waals surface area contributed by atoms with Gasteiger partial charge in [0, 0.05) is 12.3 Å². The molecule has 1 rings (SSSR count). The first kappa shape index (κ1) is 19.5. The van der Waals surface area contributed by atoms with E-state index in [0.717, 1.165) is 29.8 Å². The topological polar surface area (TPSA) is 47.6 Å². The summed E-state index contributed by atoms with van der Waals surface area (Å²) in [5, 5.41) is 2.97. The quantitative estimate of drug-likeness (QED) is 0.717. The Bertz CT molecular complexity index is 507. The Labute approximate surface area is 140 Å². The van der Waals surface area contributed by atoms with Crippen molar-refractivity contribution in [2.24, 2.45) is 0 Å². The van der Waals surface area contributed by atoms with Crippen molar-refractivity contribution in [3.05, 3.63) is 23.8 Å². The van der Waals surface area contributed by atoms with Crippen LogP contribution in [0.25, 0.3) is 0 Å². The number of benzene rings is 1. The zero-order valence-electron chi connectivity index (χ0n) is 15.4. The number of rotatable bonds is 9. The first-order chi connectivity index (χ1) is 10.9. The molecule has 4 nitrogen and oxygen atoms in total. The summed E-state index contributed by atoms with van der Waals surface area (Å²) < 4.78 is 11.5. The molecule has 1 N–H and O–H groups in total. The summed E-state index contributed by atoms with van der Waals surface area (Å²) in [7, 11) is 0. The Hall–Kier alpha value is -1.55. The number of hydrogen-bond acceptors (Lipinski definition) is 3. The minimum Gasteiger partial charge on any atom is -0.490 e. The molecule has 0 aromatic heterocycles. The molecule has 4 heteroatoms. The Morgan fingerprint density at radius 1 is 1.30 bits per heavy atom. The molecular weight excluding hydrogens is 290 g/mol. The third-order valence-electron chi connectivity index (χ3n) is 4.01. The number of nitrogens with one attached hydrogen (secondary N) is 1. The van der Waals surface area contributed by atoms with Crippen LogP contribution in [-0.2, 0) is 9.53 Å². The molecule has 0 unspecified atom stereocenters. The van der Waals surface area contributed by atoms with Crippen molar-refractivity contribution in [2.75, 3.05) is 11.9 Å². The Morgan fingerprint density at radius 3 is 2.52 bits per heavy atom. The van der Waals surface area contributed by atoms with Gasteiger partial charge in [-0.15, -0.1) is 0 Å². The van der Waals surface area contributed by atoms with E-state index in [1.165, 1.54) is 0 Å². The molecule has 2 atom stereocenters. The minimum atomic E-state index is -0.788. The monoisotopic (exact) mass is 321 g/mol. The van der Waals surface area contributed by atoms with Gasteiger partial charge in [0.1, 0.15) is 11.4 Å². The average Bonchev–Trinajstić information content (AvgIpc) is 2.50. The predicted molar refractivity (Wildman–Crippen MR) is 95.1 cm³/mol. The maximum absolute atomic E-state index is 12.6. The van der Waals surface area contributed by atoms with E-state index in [2.05, 4.69) is 19.2 Å². The lowest BCUT2D eigenvalue weighted by Crippen LogP contribution is -2.42. The van der Waals surface area contributed by atoms with Crippen LogP contribution in [0.3, 0.4) is 0 Å². The standard InChI is InChI=1S/C19H31NO3/c1-7-12-19(6,22-9-3)18(21)20-16-10-11-17(14(4)13-16)23-15(5)8-2/h10-11,13,15H,7-9,12H2,1-6H3,(H,20,21)/t15-,19+/m0/s1. The first-order valence-corrected chi connectivity index (χ1v) is 8.59. The zero-order valence-corrected chi connectivity index (χ0v) is 15.4. The molecular formula is C19H31NO3. The molecule has 0 radical (unpaired) electrons. The van der Waals surface area contributed by atoms with E-state index in [-0.39, 0.29) is 12.0 Å². The number of carbonyl (C=O) groups is 1. The second kappa shape index (κ2) is 8.92. The van der Waals surface area contributed by atoms with Gasteiger partial charge in [-0.05, 0) is 64.3 Å². The maximum Gasteiger partial charge on any atom is 0.256 e. The van der Waals surface area contributed by atoms with Crippen molar-refractivity contribution in [1.29, 1.82) is 0 Å². The third kappa shape index (κ3) is 5.54. The van der Waals surface area contributed by atoms with Gasteiger partial charge in [0.15, 0.2) is 0 Å². The van der Waals surface area contributed by atoms with Crippen molar-refractivity contribution in [2.45, 2.75) is 72.5 Å². The van der Waals surface area contributed by atoms with Crippen LogP contribution in [0.2, 0.25) is 0 Å². The van der Waals surface area contributed by atoms with Crippen molar-refractivity contribution in [1.82, 2.24) is 0 Å². The normalized spacial score (nSPS) is 14.9. The van der Waals surface area contributed by atoms with E-state index in [1.807, 2.05) is 45.9 Å². The molecule has 1 amide bonds. The second-order valence-corrected chi connectivity index (χ2v) is 6.18. The first-order valence-electron chi connectivity index (χ1n) is 8.59. The third-order valence-corrected chi connectivity index (χ3v) is 4.01. The smallest absolute Gasteiger partial charge is 0.256 e. The van der Waals surface area contributed by atoms with Crippen LogP contribution in [0.4, 0.5) is 5.69 Å². The number of anilines is 1. The molecule has 0 fully saturated rings. The van der Waals surface area contributed by atoms with Crippen LogP contribution >= 0.6 is 0 Å². The van der Waals surface area contributed by atoms with Crippen LogP contribution in [0.5, 0.6) is 5.75 Å². The van der Waals surface area contributed by atoms with E-state index in [0.29, 0.717) is 13.0 Å². The van der Waals surface area contributed by atoms with Crippen LogP contribution in [0.1, 0.15) is 59.4 Å². The van der Waals surface area contributed by atoms with Gasteiger partial charge < -0.3 is 14.8 Å². The van der Waals surface area contributed by atoms with E-state index in [4.69, 9.17) is 9.47 Å². The molecule has 0 saturated carbocycles. The van der Waals surface area contributed by atoms with Crippen LogP contribution in [-0.4, -0.2) is 24.2 Å². The Balaban J connectivity index is 2.84. The molecule has 0 saturated heterocycles. The molecule has 1 aromatic carbocycles. The van der Waals surface area contributed by atoms with Gasteiger partial charge in [-0.25, -0.2) is 0 Å². The van der Waals surface area contributed by atoms with E-state index in [9.17, 15) is 4.79 Å². The summed E-state index contributed by atoms with van der Waals surface area (Å²) in [6.07, 6.45) is 2.73. The zero-order chi connectivity index (χ0) is 17.5. The summed E-state index contributed by atoms with van der Waals surface area (Å²) in [5.41, 5.74) is 0.992. The molecule has 0 bridgehead atoms. The number of amides is 1. The average molecular weight is 321 g/mol. The molecule has 130 valence electrons.